The molecule has 20 heavy (non-hydrogen) atoms. The Bertz CT molecular complexity index is 716. The topological polar surface area (TPSA) is 99.8 Å². The van der Waals surface area contributed by atoms with Crippen LogP contribution in [0, 0.1) is 0 Å². The number of carbonyl (C=O) groups excluding carboxylic acids is 1. The van der Waals surface area contributed by atoms with Crippen molar-refractivity contribution in [1.29, 1.82) is 0 Å². The fourth-order valence-corrected chi connectivity index (χ4v) is 1.66. The van der Waals surface area contributed by atoms with E-state index in [2.05, 4.69) is 25.8 Å². The average molecular weight is 314 g/mol. The van der Waals surface area contributed by atoms with Gasteiger partial charge in [0, 0.05) is 12.5 Å². The number of amides is 1. The van der Waals surface area contributed by atoms with Crippen molar-refractivity contribution >= 4 is 35.1 Å². The summed E-state index contributed by atoms with van der Waals surface area (Å²) < 4.78 is 0. The molecule has 0 fully saturated rings. The minimum Gasteiger partial charge on any atom is -0.290 e. The molecule has 0 radical (unpaired) electrons. The van der Waals surface area contributed by atoms with Gasteiger partial charge in [-0.2, -0.15) is 9.97 Å². The van der Waals surface area contributed by atoms with E-state index in [0.29, 0.717) is 15.6 Å². The lowest BCUT2D eigenvalue weighted by Gasteiger charge is -2.06. The molecule has 2 rings (SSSR count). The van der Waals surface area contributed by atoms with Crippen LogP contribution in [0.4, 0.5) is 5.95 Å². The van der Waals surface area contributed by atoms with Gasteiger partial charge >= 0.3 is 5.69 Å². The van der Waals surface area contributed by atoms with E-state index < -0.39 is 5.69 Å². The summed E-state index contributed by atoms with van der Waals surface area (Å²) in [6, 6.07) is 4.79. The number of benzene rings is 1. The second kappa shape index (κ2) is 5.89. The molecule has 0 bridgehead atoms. The largest absolute Gasteiger partial charge is 0.349 e. The first kappa shape index (κ1) is 14.3. The van der Waals surface area contributed by atoms with Crippen molar-refractivity contribution in [1.82, 2.24) is 20.4 Å². The molecule has 0 aliphatic rings. The monoisotopic (exact) mass is 313 g/mol. The van der Waals surface area contributed by atoms with E-state index in [4.69, 9.17) is 23.2 Å². The van der Waals surface area contributed by atoms with Crippen LogP contribution in [0.25, 0.3) is 11.4 Å². The zero-order valence-corrected chi connectivity index (χ0v) is 11.7. The van der Waals surface area contributed by atoms with Crippen LogP contribution in [-0.4, -0.2) is 20.9 Å². The van der Waals surface area contributed by atoms with Gasteiger partial charge < -0.3 is 0 Å². The van der Waals surface area contributed by atoms with E-state index in [1.807, 2.05) is 0 Å². The molecule has 0 saturated heterocycles. The number of H-pyrrole nitrogens is 1. The van der Waals surface area contributed by atoms with Crippen LogP contribution in [0.1, 0.15) is 6.92 Å². The fraction of sp³-hybridized carbons (Fsp3) is 0.0909. The zero-order valence-electron chi connectivity index (χ0n) is 10.2. The fourth-order valence-electron chi connectivity index (χ4n) is 1.36. The molecule has 3 N–H and O–H groups in total. The number of carbonyl (C=O) groups is 1. The van der Waals surface area contributed by atoms with Gasteiger partial charge in [0.05, 0.1) is 10.0 Å². The van der Waals surface area contributed by atoms with Gasteiger partial charge in [0.1, 0.15) is 5.82 Å². The molecule has 2 aromatic rings. The Morgan fingerprint density at radius 3 is 2.65 bits per heavy atom. The van der Waals surface area contributed by atoms with Crippen molar-refractivity contribution in [2.45, 2.75) is 6.92 Å². The summed E-state index contributed by atoms with van der Waals surface area (Å²) in [6.07, 6.45) is 0. The van der Waals surface area contributed by atoms with Crippen LogP contribution >= 0.6 is 23.2 Å². The summed E-state index contributed by atoms with van der Waals surface area (Å²) in [4.78, 5) is 32.3. The molecule has 1 heterocycles. The van der Waals surface area contributed by atoms with Crippen LogP contribution in [-0.2, 0) is 4.79 Å². The number of aromatic amines is 1. The van der Waals surface area contributed by atoms with Crippen molar-refractivity contribution in [3.8, 4) is 11.4 Å². The number of nitrogens with zero attached hydrogens (tertiary/aromatic N) is 2. The maximum atomic E-state index is 11.5. The summed E-state index contributed by atoms with van der Waals surface area (Å²) in [5, 5.41) is 0.725. The molecule has 0 saturated carbocycles. The van der Waals surface area contributed by atoms with Crippen LogP contribution < -0.4 is 16.5 Å². The zero-order chi connectivity index (χ0) is 14.7. The first-order chi connectivity index (χ1) is 9.45. The minimum absolute atomic E-state index is 0.0370. The van der Waals surface area contributed by atoms with Gasteiger partial charge in [-0.25, -0.2) is 4.79 Å². The van der Waals surface area contributed by atoms with Gasteiger partial charge in [-0.05, 0) is 18.2 Å². The maximum Gasteiger partial charge on any atom is 0.349 e. The van der Waals surface area contributed by atoms with E-state index >= 15 is 0 Å². The summed E-state index contributed by atoms with van der Waals surface area (Å²) in [7, 11) is 0. The van der Waals surface area contributed by atoms with Gasteiger partial charge in [0.2, 0.25) is 11.9 Å². The SMILES string of the molecule is CC(=O)NNc1nc(-c2ccc(Cl)c(Cl)c2)[nH]c(=O)n1. The Kier molecular flexibility index (Phi) is 4.21. The number of nitrogens with one attached hydrogen (secondary N) is 3. The Balaban J connectivity index is 2.38. The summed E-state index contributed by atoms with van der Waals surface area (Å²) in [5.74, 6) is -0.133. The third-order valence-electron chi connectivity index (χ3n) is 2.19. The van der Waals surface area contributed by atoms with Gasteiger partial charge in [-0.3, -0.25) is 20.6 Å². The van der Waals surface area contributed by atoms with Gasteiger partial charge in [-0.1, -0.05) is 23.2 Å². The van der Waals surface area contributed by atoms with Crippen molar-refractivity contribution in [2.24, 2.45) is 0 Å². The average Bonchev–Trinajstić information content (AvgIpc) is 2.39. The standard InChI is InChI=1S/C11H9Cl2N5O2/c1-5(19)17-18-10-14-9(15-11(20)16-10)6-2-3-7(12)8(13)4-6/h2-4H,1H3,(H,17,19)(H2,14,15,16,18,20). The summed E-state index contributed by atoms with van der Waals surface area (Å²) in [5.41, 5.74) is 4.64. The van der Waals surface area contributed by atoms with E-state index in [-0.39, 0.29) is 17.7 Å². The van der Waals surface area contributed by atoms with Crippen molar-refractivity contribution < 1.29 is 4.79 Å². The highest BCUT2D eigenvalue weighted by Crippen LogP contribution is 2.26. The Hall–Kier alpha value is -2.12. The van der Waals surface area contributed by atoms with Crippen molar-refractivity contribution in [3.63, 3.8) is 0 Å². The quantitative estimate of drug-likeness (QED) is 0.747. The number of halogens is 2. The Morgan fingerprint density at radius 2 is 2.00 bits per heavy atom. The predicted molar refractivity (Wildman–Crippen MR) is 75.5 cm³/mol. The maximum absolute atomic E-state index is 11.5. The number of hydrazine groups is 1. The third-order valence-corrected chi connectivity index (χ3v) is 2.93. The molecular weight excluding hydrogens is 305 g/mol. The van der Waals surface area contributed by atoms with Crippen LogP contribution in [0.5, 0.6) is 0 Å². The molecule has 0 atom stereocenters. The number of hydrogen-bond donors (Lipinski definition) is 3. The molecular formula is C11H9Cl2N5O2. The van der Waals surface area contributed by atoms with Crippen LogP contribution in [0.2, 0.25) is 10.0 Å². The molecule has 7 nitrogen and oxygen atoms in total. The number of hydrogen-bond acceptors (Lipinski definition) is 5. The lowest BCUT2D eigenvalue weighted by atomic mass is 10.2. The third kappa shape index (κ3) is 3.46. The van der Waals surface area contributed by atoms with E-state index in [9.17, 15) is 9.59 Å². The lowest BCUT2D eigenvalue weighted by molar-refractivity contribution is -0.118. The Morgan fingerprint density at radius 1 is 1.25 bits per heavy atom. The molecule has 104 valence electrons. The first-order valence-electron chi connectivity index (χ1n) is 5.42. The van der Waals surface area contributed by atoms with Crippen molar-refractivity contribution in [3.05, 3.63) is 38.7 Å². The minimum atomic E-state index is -0.617. The number of aromatic nitrogens is 3. The van der Waals surface area contributed by atoms with Gasteiger partial charge in [-0.15, -0.1) is 0 Å². The molecule has 1 aromatic carbocycles. The highest BCUT2D eigenvalue weighted by molar-refractivity contribution is 6.42. The van der Waals surface area contributed by atoms with E-state index in [0.717, 1.165) is 0 Å². The van der Waals surface area contributed by atoms with Gasteiger partial charge in [0.25, 0.3) is 0 Å². The molecule has 0 aliphatic carbocycles. The molecule has 9 heteroatoms. The lowest BCUT2D eigenvalue weighted by Crippen LogP contribution is -2.29. The van der Waals surface area contributed by atoms with Crippen LogP contribution in [0.3, 0.4) is 0 Å². The number of anilines is 1. The molecule has 0 unspecified atom stereocenters. The van der Waals surface area contributed by atoms with E-state index in [1.54, 1.807) is 18.2 Å². The molecule has 1 aromatic heterocycles. The molecule has 0 spiro atoms. The second-order valence-corrected chi connectivity index (χ2v) is 4.58. The van der Waals surface area contributed by atoms with Gasteiger partial charge in [0.15, 0.2) is 0 Å². The highest BCUT2D eigenvalue weighted by Gasteiger charge is 2.07. The smallest absolute Gasteiger partial charge is 0.290 e. The molecule has 0 aliphatic heterocycles. The highest BCUT2D eigenvalue weighted by atomic mass is 35.5. The summed E-state index contributed by atoms with van der Waals surface area (Å²) in [6.45, 7) is 1.31. The van der Waals surface area contributed by atoms with Crippen LogP contribution in [0.15, 0.2) is 23.0 Å². The molecule has 1 amide bonds. The normalized spacial score (nSPS) is 10.2. The predicted octanol–water partition coefficient (Wildman–Crippen LogP) is 1.60. The summed E-state index contributed by atoms with van der Waals surface area (Å²) >= 11 is 11.7. The number of rotatable bonds is 3. The second-order valence-electron chi connectivity index (χ2n) is 3.76. The van der Waals surface area contributed by atoms with Crippen molar-refractivity contribution in [2.75, 3.05) is 5.43 Å². The Labute approximate surface area is 123 Å². The van der Waals surface area contributed by atoms with E-state index in [1.165, 1.54) is 6.92 Å². The first-order valence-corrected chi connectivity index (χ1v) is 6.17.